The summed E-state index contributed by atoms with van der Waals surface area (Å²) in [5.74, 6) is 0.491. The maximum atomic E-state index is 11.5. The van der Waals surface area contributed by atoms with Gasteiger partial charge in [0.2, 0.25) is 5.88 Å². The van der Waals surface area contributed by atoms with Crippen LogP contribution >= 0.6 is 0 Å². The zero-order valence-corrected chi connectivity index (χ0v) is 11.8. The van der Waals surface area contributed by atoms with Crippen molar-refractivity contribution >= 4 is 6.09 Å². The average molecular weight is 267 g/mol. The molecule has 0 spiro atoms. The molecule has 6 heteroatoms. The highest BCUT2D eigenvalue weighted by atomic mass is 16.6. The van der Waals surface area contributed by atoms with Crippen LogP contribution in [0.4, 0.5) is 4.79 Å². The van der Waals surface area contributed by atoms with Gasteiger partial charge in [0.1, 0.15) is 5.60 Å². The van der Waals surface area contributed by atoms with E-state index in [0.717, 1.165) is 5.56 Å². The maximum Gasteiger partial charge on any atom is 0.407 e. The summed E-state index contributed by atoms with van der Waals surface area (Å²) in [6, 6.07) is 3.18. The molecule has 1 heterocycles. The molecule has 1 aromatic heterocycles. The summed E-state index contributed by atoms with van der Waals surface area (Å²) < 4.78 is 10.1. The molecule has 0 aliphatic rings. The van der Waals surface area contributed by atoms with Crippen LogP contribution in [0.2, 0.25) is 0 Å². The number of amides is 1. The third-order valence-electron chi connectivity index (χ3n) is 2.26. The fourth-order valence-corrected chi connectivity index (χ4v) is 1.39. The van der Waals surface area contributed by atoms with Crippen molar-refractivity contribution in [2.75, 3.05) is 13.7 Å². The molecule has 1 rings (SSSR count). The zero-order chi connectivity index (χ0) is 14.5. The van der Waals surface area contributed by atoms with Gasteiger partial charge in [-0.25, -0.2) is 9.78 Å². The first-order chi connectivity index (χ1) is 8.81. The molecule has 3 N–H and O–H groups in total. The van der Waals surface area contributed by atoms with Crippen LogP contribution < -0.4 is 15.8 Å². The van der Waals surface area contributed by atoms with Gasteiger partial charge in [-0.2, -0.15) is 0 Å². The van der Waals surface area contributed by atoms with E-state index in [9.17, 15) is 4.79 Å². The normalized spacial score (nSPS) is 12.7. The van der Waals surface area contributed by atoms with E-state index in [1.807, 2.05) is 0 Å². The van der Waals surface area contributed by atoms with E-state index in [2.05, 4.69) is 10.3 Å². The van der Waals surface area contributed by atoms with Crippen LogP contribution in [0.5, 0.6) is 5.88 Å². The van der Waals surface area contributed by atoms with Crippen LogP contribution in [-0.2, 0) is 4.74 Å². The minimum atomic E-state index is -0.520. The van der Waals surface area contributed by atoms with Gasteiger partial charge < -0.3 is 20.5 Å². The number of methoxy groups -OCH3 is 1. The average Bonchev–Trinajstić information content (AvgIpc) is 2.34. The molecule has 1 aromatic rings. The molecule has 19 heavy (non-hydrogen) atoms. The van der Waals surface area contributed by atoms with Crippen molar-refractivity contribution in [1.82, 2.24) is 10.3 Å². The van der Waals surface area contributed by atoms with Gasteiger partial charge >= 0.3 is 6.09 Å². The largest absolute Gasteiger partial charge is 0.481 e. The lowest BCUT2D eigenvalue weighted by molar-refractivity contribution is 0.0524. The molecule has 1 amide bonds. The molecule has 0 aliphatic heterocycles. The Morgan fingerprint density at radius 2 is 2.21 bits per heavy atom. The van der Waals surface area contributed by atoms with Gasteiger partial charge in [0.15, 0.2) is 0 Å². The van der Waals surface area contributed by atoms with E-state index in [0.29, 0.717) is 5.88 Å². The minimum Gasteiger partial charge on any atom is -0.481 e. The number of ether oxygens (including phenoxy) is 2. The number of alkyl carbamates (subject to hydrolysis) is 1. The summed E-state index contributed by atoms with van der Waals surface area (Å²) in [4.78, 5) is 15.5. The first kappa shape index (κ1) is 15.2. The van der Waals surface area contributed by atoms with Gasteiger partial charge in [0.05, 0.1) is 7.11 Å². The quantitative estimate of drug-likeness (QED) is 0.865. The number of pyridine rings is 1. The number of nitrogens with one attached hydrogen (secondary N) is 1. The molecule has 0 aliphatic carbocycles. The van der Waals surface area contributed by atoms with E-state index in [1.165, 1.54) is 7.11 Å². The highest BCUT2D eigenvalue weighted by molar-refractivity contribution is 5.67. The molecular formula is C13H21N3O3. The standard InChI is InChI=1S/C13H21N3O3/c1-13(2,3)19-12(17)16-8-10(14)9-5-6-15-11(7-9)18-4/h5-7,10H,8,14H2,1-4H3,(H,16,17). The van der Waals surface area contributed by atoms with Crippen LogP contribution in [0.15, 0.2) is 18.3 Å². The third-order valence-corrected chi connectivity index (χ3v) is 2.26. The van der Waals surface area contributed by atoms with Crippen molar-refractivity contribution in [1.29, 1.82) is 0 Å². The van der Waals surface area contributed by atoms with Crippen LogP contribution in [-0.4, -0.2) is 30.3 Å². The Bertz CT molecular complexity index is 429. The van der Waals surface area contributed by atoms with Gasteiger partial charge in [-0.05, 0) is 32.4 Å². The topological polar surface area (TPSA) is 86.5 Å². The van der Waals surface area contributed by atoms with E-state index in [1.54, 1.807) is 39.1 Å². The molecule has 0 saturated carbocycles. The van der Waals surface area contributed by atoms with Gasteiger partial charge in [-0.3, -0.25) is 0 Å². The van der Waals surface area contributed by atoms with Crippen molar-refractivity contribution in [2.24, 2.45) is 5.73 Å². The molecule has 0 radical (unpaired) electrons. The lowest BCUT2D eigenvalue weighted by Crippen LogP contribution is -2.36. The number of hydrogen-bond acceptors (Lipinski definition) is 5. The fraction of sp³-hybridized carbons (Fsp3) is 0.538. The van der Waals surface area contributed by atoms with Gasteiger partial charge in [0.25, 0.3) is 0 Å². The summed E-state index contributed by atoms with van der Waals surface area (Å²) >= 11 is 0. The van der Waals surface area contributed by atoms with Gasteiger partial charge in [0, 0.05) is 24.8 Å². The molecule has 0 saturated heterocycles. The highest BCUT2D eigenvalue weighted by Gasteiger charge is 2.17. The Balaban J connectivity index is 2.51. The second-order valence-corrected chi connectivity index (χ2v) is 5.12. The Morgan fingerprint density at radius 3 is 2.79 bits per heavy atom. The molecular weight excluding hydrogens is 246 g/mol. The third kappa shape index (κ3) is 5.56. The monoisotopic (exact) mass is 267 g/mol. The van der Waals surface area contributed by atoms with Crippen molar-refractivity contribution in [3.05, 3.63) is 23.9 Å². The number of carbonyl (C=O) groups excluding carboxylic acids is 1. The lowest BCUT2D eigenvalue weighted by Gasteiger charge is -2.21. The van der Waals surface area contributed by atoms with Crippen molar-refractivity contribution in [2.45, 2.75) is 32.4 Å². The van der Waals surface area contributed by atoms with Gasteiger partial charge in [-0.1, -0.05) is 0 Å². The number of nitrogens with two attached hydrogens (primary N) is 1. The predicted octanol–water partition coefficient (Wildman–Crippen LogP) is 1.61. The zero-order valence-electron chi connectivity index (χ0n) is 11.8. The summed E-state index contributed by atoms with van der Waals surface area (Å²) in [6.45, 7) is 5.70. The Morgan fingerprint density at radius 1 is 1.53 bits per heavy atom. The molecule has 1 atom stereocenters. The maximum absolute atomic E-state index is 11.5. The summed E-state index contributed by atoms with van der Waals surface area (Å²) in [5.41, 5.74) is 6.29. The number of hydrogen-bond donors (Lipinski definition) is 2. The number of rotatable bonds is 4. The number of aromatic nitrogens is 1. The predicted molar refractivity (Wildman–Crippen MR) is 72.0 cm³/mol. The molecule has 1 unspecified atom stereocenters. The molecule has 0 fully saturated rings. The summed E-state index contributed by atoms with van der Waals surface area (Å²) in [6.07, 6.45) is 1.13. The van der Waals surface area contributed by atoms with Crippen molar-refractivity contribution < 1.29 is 14.3 Å². The van der Waals surface area contributed by atoms with Crippen LogP contribution in [0.3, 0.4) is 0 Å². The van der Waals surface area contributed by atoms with E-state index in [4.69, 9.17) is 15.2 Å². The second-order valence-electron chi connectivity index (χ2n) is 5.12. The lowest BCUT2D eigenvalue weighted by atomic mass is 10.1. The van der Waals surface area contributed by atoms with Crippen molar-refractivity contribution in [3.63, 3.8) is 0 Å². The van der Waals surface area contributed by atoms with Crippen LogP contribution in [0, 0.1) is 0 Å². The Hall–Kier alpha value is -1.82. The SMILES string of the molecule is COc1cc(C(N)CNC(=O)OC(C)(C)C)ccn1. The molecule has 106 valence electrons. The van der Waals surface area contributed by atoms with Crippen molar-refractivity contribution in [3.8, 4) is 5.88 Å². The van der Waals surface area contributed by atoms with Gasteiger partial charge in [-0.15, -0.1) is 0 Å². The van der Waals surface area contributed by atoms with Crippen LogP contribution in [0.1, 0.15) is 32.4 Å². The molecule has 0 aromatic carbocycles. The Kier molecular flexibility index (Phi) is 5.11. The first-order valence-corrected chi connectivity index (χ1v) is 6.04. The minimum absolute atomic E-state index is 0.280. The summed E-state index contributed by atoms with van der Waals surface area (Å²) in [7, 11) is 1.54. The number of carbonyl (C=O) groups is 1. The van der Waals surface area contributed by atoms with E-state index in [-0.39, 0.29) is 12.6 Å². The van der Waals surface area contributed by atoms with E-state index < -0.39 is 11.7 Å². The highest BCUT2D eigenvalue weighted by Crippen LogP contribution is 2.14. The molecule has 6 nitrogen and oxygen atoms in total. The smallest absolute Gasteiger partial charge is 0.407 e. The first-order valence-electron chi connectivity index (χ1n) is 6.04. The molecule has 0 bridgehead atoms. The Labute approximate surface area is 113 Å². The number of nitrogens with zero attached hydrogens (tertiary/aromatic N) is 1. The fourth-order valence-electron chi connectivity index (χ4n) is 1.39. The second kappa shape index (κ2) is 6.38. The van der Waals surface area contributed by atoms with Crippen LogP contribution in [0.25, 0.3) is 0 Å². The van der Waals surface area contributed by atoms with E-state index >= 15 is 0 Å². The summed E-state index contributed by atoms with van der Waals surface area (Å²) in [5, 5.41) is 2.63.